The van der Waals surface area contributed by atoms with E-state index in [9.17, 15) is 4.79 Å². The number of aromatic amines is 1. The van der Waals surface area contributed by atoms with E-state index in [1.165, 1.54) is 0 Å². The normalized spacial score (nSPS) is 13.1. The third-order valence-corrected chi connectivity index (χ3v) is 3.92. The molecule has 0 aliphatic carbocycles. The Balaban J connectivity index is 1.96. The number of ether oxygens (including phenoxy) is 1. The molecule has 1 aliphatic rings. The van der Waals surface area contributed by atoms with E-state index in [1.54, 1.807) is 18.9 Å². The maximum Gasteiger partial charge on any atom is 0.256 e. The highest BCUT2D eigenvalue weighted by Crippen LogP contribution is 2.28. The van der Waals surface area contributed by atoms with E-state index in [-0.39, 0.29) is 5.56 Å². The molecule has 1 aromatic heterocycles. The van der Waals surface area contributed by atoms with Gasteiger partial charge in [-0.25, -0.2) is 4.98 Å². The largest absolute Gasteiger partial charge is 0.495 e. The Morgan fingerprint density at radius 2 is 2.21 bits per heavy atom. The number of rotatable bonds is 3. The first kappa shape index (κ1) is 12.1. The molecule has 3 rings (SSSR count). The Bertz CT molecular complexity index is 669. The van der Waals surface area contributed by atoms with Gasteiger partial charge in [0.25, 0.3) is 5.56 Å². The molecule has 0 spiro atoms. The molecule has 0 saturated heterocycles. The molecule has 2 N–H and O–H groups in total. The molecular weight excluding hydrogens is 262 g/mol. The molecule has 0 fully saturated rings. The van der Waals surface area contributed by atoms with Crippen LogP contribution in [0.5, 0.6) is 5.75 Å². The van der Waals surface area contributed by atoms with Crippen molar-refractivity contribution in [2.75, 3.05) is 12.4 Å². The fourth-order valence-electron chi connectivity index (χ4n) is 2.00. The van der Waals surface area contributed by atoms with Crippen molar-refractivity contribution in [1.29, 1.82) is 0 Å². The van der Waals surface area contributed by atoms with Crippen LogP contribution < -0.4 is 15.6 Å². The van der Waals surface area contributed by atoms with Crippen molar-refractivity contribution in [2.24, 2.45) is 0 Å². The minimum absolute atomic E-state index is 0.0626. The smallest absolute Gasteiger partial charge is 0.256 e. The number of nitrogens with zero attached hydrogens (tertiary/aromatic N) is 1. The Morgan fingerprint density at radius 1 is 1.37 bits per heavy atom. The van der Waals surface area contributed by atoms with Crippen molar-refractivity contribution in [3.63, 3.8) is 0 Å². The summed E-state index contributed by atoms with van der Waals surface area (Å²) in [5, 5.41) is 3.09. The number of thioether (sulfide) groups is 1. The van der Waals surface area contributed by atoms with Gasteiger partial charge in [0, 0.05) is 17.1 Å². The second-order valence-electron chi connectivity index (χ2n) is 4.16. The highest BCUT2D eigenvalue weighted by Gasteiger charge is 2.17. The lowest BCUT2D eigenvalue weighted by Crippen LogP contribution is -2.16. The number of anilines is 2. The zero-order valence-corrected chi connectivity index (χ0v) is 11.2. The summed E-state index contributed by atoms with van der Waals surface area (Å²) < 4.78 is 5.25. The lowest BCUT2D eigenvalue weighted by atomic mass is 10.3. The zero-order chi connectivity index (χ0) is 13.2. The summed E-state index contributed by atoms with van der Waals surface area (Å²) >= 11 is 1.70. The molecule has 5 nitrogen and oxygen atoms in total. The topological polar surface area (TPSA) is 67.0 Å². The summed E-state index contributed by atoms with van der Waals surface area (Å²) in [5.74, 6) is 2.70. The van der Waals surface area contributed by atoms with Crippen LogP contribution in [0.1, 0.15) is 11.3 Å². The maximum atomic E-state index is 11.9. The van der Waals surface area contributed by atoms with Crippen LogP contribution in [-0.4, -0.2) is 17.1 Å². The van der Waals surface area contributed by atoms with Crippen molar-refractivity contribution in [3.8, 4) is 5.75 Å². The number of nitrogens with one attached hydrogen (secondary N) is 2. The van der Waals surface area contributed by atoms with Crippen LogP contribution in [0, 0.1) is 0 Å². The number of aromatic nitrogens is 2. The standard InChI is InChI=1S/C13H13N3O2S/c1-18-11-5-3-2-4-9(11)14-13-15-10-7-19-6-8(10)12(17)16-13/h2-5H,6-7H2,1H3,(H2,14,15,16,17). The van der Waals surface area contributed by atoms with Crippen LogP contribution in [-0.2, 0) is 11.5 Å². The van der Waals surface area contributed by atoms with E-state index in [0.29, 0.717) is 11.7 Å². The monoisotopic (exact) mass is 275 g/mol. The molecule has 19 heavy (non-hydrogen) atoms. The second-order valence-corrected chi connectivity index (χ2v) is 5.14. The molecular formula is C13H13N3O2S. The van der Waals surface area contributed by atoms with E-state index in [0.717, 1.165) is 28.5 Å². The fourth-order valence-corrected chi connectivity index (χ4v) is 3.03. The van der Waals surface area contributed by atoms with Crippen LogP contribution >= 0.6 is 11.8 Å². The summed E-state index contributed by atoms with van der Waals surface area (Å²) in [6, 6.07) is 7.51. The maximum absolute atomic E-state index is 11.9. The number of hydrogen-bond acceptors (Lipinski definition) is 5. The Hall–Kier alpha value is -1.95. The van der Waals surface area contributed by atoms with Crippen LogP contribution in [0.4, 0.5) is 11.6 Å². The average Bonchev–Trinajstić information content (AvgIpc) is 2.88. The number of methoxy groups -OCH3 is 1. The third-order valence-electron chi connectivity index (χ3n) is 2.95. The number of benzene rings is 1. The molecule has 98 valence electrons. The van der Waals surface area contributed by atoms with Crippen LogP contribution in [0.15, 0.2) is 29.1 Å². The lowest BCUT2D eigenvalue weighted by Gasteiger charge is -2.10. The van der Waals surface area contributed by atoms with Crippen molar-refractivity contribution in [3.05, 3.63) is 45.9 Å². The van der Waals surface area contributed by atoms with Crippen molar-refractivity contribution >= 4 is 23.4 Å². The number of para-hydroxylation sites is 2. The minimum Gasteiger partial charge on any atom is -0.495 e. The van der Waals surface area contributed by atoms with Gasteiger partial charge in [-0.1, -0.05) is 12.1 Å². The summed E-state index contributed by atoms with van der Waals surface area (Å²) in [4.78, 5) is 19.1. The van der Waals surface area contributed by atoms with Gasteiger partial charge in [-0.3, -0.25) is 9.78 Å². The molecule has 0 unspecified atom stereocenters. The van der Waals surface area contributed by atoms with Gasteiger partial charge in [-0.05, 0) is 12.1 Å². The highest BCUT2D eigenvalue weighted by molar-refractivity contribution is 7.98. The SMILES string of the molecule is COc1ccccc1Nc1nc2c(c(=O)[nH]1)CSC2. The van der Waals surface area contributed by atoms with Gasteiger partial charge in [0.15, 0.2) is 0 Å². The molecule has 0 bridgehead atoms. The quantitative estimate of drug-likeness (QED) is 0.899. The Kier molecular flexibility index (Phi) is 3.16. The Morgan fingerprint density at radius 3 is 3.05 bits per heavy atom. The Labute approximate surface area is 114 Å². The molecule has 0 amide bonds. The molecule has 0 saturated carbocycles. The van der Waals surface area contributed by atoms with E-state index in [1.807, 2.05) is 24.3 Å². The van der Waals surface area contributed by atoms with E-state index in [2.05, 4.69) is 15.3 Å². The molecule has 1 aliphatic heterocycles. The second kappa shape index (κ2) is 4.97. The van der Waals surface area contributed by atoms with Gasteiger partial charge in [-0.2, -0.15) is 11.8 Å². The van der Waals surface area contributed by atoms with E-state index < -0.39 is 0 Å². The molecule has 6 heteroatoms. The van der Waals surface area contributed by atoms with Crippen molar-refractivity contribution in [2.45, 2.75) is 11.5 Å². The van der Waals surface area contributed by atoms with Gasteiger partial charge in [0.2, 0.25) is 5.95 Å². The van der Waals surface area contributed by atoms with Crippen LogP contribution in [0.25, 0.3) is 0 Å². The first-order valence-corrected chi connectivity index (χ1v) is 7.03. The number of H-pyrrole nitrogens is 1. The predicted octanol–water partition coefficient (Wildman–Crippen LogP) is 2.27. The predicted molar refractivity (Wildman–Crippen MR) is 76.1 cm³/mol. The number of fused-ring (bicyclic) bond motifs is 1. The highest BCUT2D eigenvalue weighted by atomic mass is 32.2. The van der Waals surface area contributed by atoms with Crippen molar-refractivity contribution in [1.82, 2.24) is 9.97 Å². The molecule has 0 atom stereocenters. The molecule has 0 radical (unpaired) electrons. The first-order valence-electron chi connectivity index (χ1n) is 5.88. The van der Waals surface area contributed by atoms with Crippen LogP contribution in [0.2, 0.25) is 0 Å². The van der Waals surface area contributed by atoms with Gasteiger partial charge >= 0.3 is 0 Å². The minimum atomic E-state index is -0.0626. The van der Waals surface area contributed by atoms with Gasteiger partial charge in [0.1, 0.15) is 5.75 Å². The molecule has 2 aromatic rings. The summed E-state index contributed by atoms with van der Waals surface area (Å²) in [6.07, 6.45) is 0. The van der Waals surface area contributed by atoms with Gasteiger partial charge < -0.3 is 10.1 Å². The third kappa shape index (κ3) is 2.31. The first-order chi connectivity index (χ1) is 9.28. The van der Waals surface area contributed by atoms with E-state index in [4.69, 9.17) is 4.74 Å². The lowest BCUT2D eigenvalue weighted by molar-refractivity contribution is 0.417. The van der Waals surface area contributed by atoms with Gasteiger partial charge in [-0.15, -0.1) is 0 Å². The zero-order valence-electron chi connectivity index (χ0n) is 10.4. The molecule has 1 aromatic carbocycles. The number of hydrogen-bond donors (Lipinski definition) is 2. The van der Waals surface area contributed by atoms with E-state index >= 15 is 0 Å². The molecule has 2 heterocycles. The summed E-state index contributed by atoms with van der Waals surface area (Å²) in [5.41, 5.74) is 2.37. The fraction of sp³-hybridized carbons (Fsp3) is 0.231. The van der Waals surface area contributed by atoms with Crippen LogP contribution in [0.3, 0.4) is 0 Å². The average molecular weight is 275 g/mol. The summed E-state index contributed by atoms with van der Waals surface area (Å²) in [6.45, 7) is 0. The summed E-state index contributed by atoms with van der Waals surface area (Å²) in [7, 11) is 1.61. The van der Waals surface area contributed by atoms with Crippen molar-refractivity contribution < 1.29 is 4.74 Å². The van der Waals surface area contributed by atoms with Gasteiger partial charge in [0.05, 0.1) is 18.5 Å².